The lowest BCUT2D eigenvalue weighted by Gasteiger charge is -2.15. The van der Waals surface area contributed by atoms with Crippen molar-refractivity contribution in [3.8, 4) is 11.4 Å². The van der Waals surface area contributed by atoms with Gasteiger partial charge in [-0.2, -0.15) is 0 Å². The van der Waals surface area contributed by atoms with Gasteiger partial charge < -0.3 is 14.2 Å². The zero-order valence-corrected chi connectivity index (χ0v) is 14.9. The summed E-state index contributed by atoms with van der Waals surface area (Å²) < 4.78 is 3.96. The molecule has 1 aromatic carbocycles. The highest BCUT2D eigenvalue weighted by molar-refractivity contribution is 5.77. The van der Waals surface area contributed by atoms with Crippen LogP contribution in [0, 0.1) is 13.8 Å². The zero-order chi connectivity index (χ0) is 18.1. The first-order valence-electron chi connectivity index (χ1n) is 8.63. The topological polar surface area (TPSA) is 68.8 Å². The second-order valence-electron chi connectivity index (χ2n) is 6.62. The predicted molar refractivity (Wildman–Crippen MR) is 101 cm³/mol. The Morgan fingerprint density at radius 3 is 2.65 bits per heavy atom. The number of benzene rings is 1. The first kappa shape index (κ1) is 16.5. The summed E-state index contributed by atoms with van der Waals surface area (Å²) in [6.45, 7) is 5.11. The molecule has 0 fully saturated rings. The minimum Gasteiger partial charge on any atom is -0.389 e. The lowest BCUT2D eigenvalue weighted by Crippen LogP contribution is -2.22. The number of hydrogen-bond donors (Lipinski definition) is 1. The highest BCUT2D eigenvalue weighted by atomic mass is 16.3. The Hall–Kier alpha value is -2.99. The van der Waals surface area contributed by atoms with Gasteiger partial charge in [-0.05, 0) is 49.2 Å². The molecule has 0 aliphatic rings. The van der Waals surface area contributed by atoms with Crippen molar-refractivity contribution < 1.29 is 5.11 Å². The molecule has 0 saturated heterocycles. The van der Waals surface area contributed by atoms with E-state index in [2.05, 4.69) is 40.9 Å². The van der Waals surface area contributed by atoms with Crippen LogP contribution in [0.2, 0.25) is 0 Å². The number of rotatable bonds is 5. The molecule has 1 atom stereocenters. The van der Waals surface area contributed by atoms with E-state index in [1.54, 1.807) is 24.9 Å². The van der Waals surface area contributed by atoms with Crippen molar-refractivity contribution in [2.24, 2.45) is 0 Å². The van der Waals surface area contributed by atoms with Crippen LogP contribution in [0.25, 0.3) is 22.4 Å². The van der Waals surface area contributed by atoms with Crippen LogP contribution in [0.15, 0.2) is 55.4 Å². The molecule has 3 aromatic heterocycles. The molecule has 132 valence electrons. The summed E-state index contributed by atoms with van der Waals surface area (Å²) in [4.78, 5) is 13.0. The van der Waals surface area contributed by atoms with Gasteiger partial charge in [-0.15, -0.1) is 0 Å². The Morgan fingerprint density at radius 2 is 1.85 bits per heavy atom. The largest absolute Gasteiger partial charge is 0.389 e. The number of aliphatic hydroxyl groups excluding tert-OH is 1. The van der Waals surface area contributed by atoms with E-state index in [0.717, 1.165) is 22.4 Å². The Labute approximate surface area is 151 Å². The third-order valence-electron chi connectivity index (χ3n) is 4.69. The summed E-state index contributed by atoms with van der Waals surface area (Å²) in [6, 6.07) is 8.06. The van der Waals surface area contributed by atoms with Gasteiger partial charge in [-0.1, -0.05) is 0 Å². The van der Waals surface area contributed by atoms with E-state index in [1.165, 1.54) is 11.1 Å². The SMILES string of the molecule is Cc1cc2ncn(CC(O)Cn3ccnc3-c3cccnc3)c2cc1C. The van der Waals surface area contributed by atoms with E-state index < -0.39 is 6.10 Å². The Bertz CT molecular complexity index is 1030. The predicted octanol–water partition coefficient (Wildman–Crippen LogP) is 2.97. The molecule has 6 heteroatoms. The van der Waals surface area contributed by atoms with Gasteiger partial charge in [0.25, 0.3) is 0 Å². The third-order valence-corrected chi connectivity index (χ3v) is 4.69. The van der Waals surface area contributed by atoms with E-state index in [0.29, 0.717) is 13.1 Å². The Morgan fingerprint density at radius 1 is 1.04 bits per heavy atom. The summed E-state index contributed by atoms with van der Waals surface area (Å²) in [5.41, 5.74) is 5.39. The van der Waals surface area contributed by atoms with Gasteiger partial charge >= 0.3 is 0 Å². The van der Waals surface area contributed by atoms with Crippen LogP contribution in [0.3, 0.4) is 0 Å². The van der Waals surface area contributed by atoms with Crippen molar-refractivity contribution >= 4 is 11.0 Å². The van der Waals surface area contributed by atoms with Gasteiger partial charge in [0.15, 0.2) is 0 Å². The second kappa shape index (κ2) is 6.72. The Kier molecular flexibility index (Phi) is 4.26. The van der Waals surface area contributed by atoms with Crippen LogP contribution in [0.4, 0.5) is 0 Å². The molecule has 6 nitrogen and oxygen atoms in total. The van der Waals surface area contributed by atoms with Gasteiger partial charge in [0.05, 0.1) is 36.6 Å². The maximum absolute atomic E-state index is 10.6. The highest BCUT2D eigenvalue weighted by Gasteiger charge is 2.13. The highest BCUT2D eigenvalue weighted by Crippen LogP contribution is 2.20. The van der Waals surface area contributed by atoms with Crippen LogP contribution in [-0.2, 0) is 13.1 Å². The van der Waals surface area contributed by atoms with Crippen LogP contribution in [-0.4, -0.2) is 35.3 Å². The van der Waals surface area contributed by atoms with E-state index in [9.17, 15) is 5.11 Å². The van der Waals surface area contributed by atoms with E-state index >= 15 is 0 Å². The van der Waals surface area contributed by atoms with Gasteiger partial charge in [0.1, 0.15) is 5.82 Å². The first-order chi connectivity index (χ1) is 12.6. The summed E-state index contributed by atoms with van der Waals surface area (Å²) in [7, 11) is 0. The molecule has 26 heavy (non-hydrogen) atoms. The monoisotopic (exact) mass is 347 g/mol. The van der Waals surface area contributed by atoms with E-state index in [4.69, 9.17) is 0 Å². The smallest absolute Gasteiger partial charge is 0.141 e. The number of nitrogens with zero attached hydrogens (tertiary/aromatic N) is 5. The van der Waals surface area contributed by atoms with Crippen LogP contribution in [0.1, 0.15) is 11.1 Å². The van der Waals surface area contributed by atoms with Gasteiger partial charge in [0, 0.05) is 30.4 Å². The number of aryl methyl sites for hydroxylation is 2. The zero-order valence-electron chi connectivity index (χ0n) is 14.9. The van der Waals surface area contributed by atoms with E-state index in [1.807, 2.05) is 27.5 Å². The molecule has 4 aromatic rings. The molecule has 4 rings (SSSR count). The van der Waals surface area contributed by atoms with Crippen LogP contribution >= 0.6 is 0 Å². The molecule has 0 spiro atoms. The number of aromatic nitrogens is 5. The lowest BCUT2D eigenvalue weighted by atomic mass is 10.1. The molecule has 3 heterocycles. The maximum atomic E-state index is 10.6. The Balaban J connectivity index is 1.55. The third kappa shape index (κ3) is 3.11. The molecular weight excluding hydrogens is 326 g/mol. The number of aliphatic hydroxyl groups is 1. The standard InChI is InChI=1S/C20H21N5O/c1-14-8-18-19(9-15(14)2)25(13-23-18)12-17(26)11-24-7-6-22-20(24)16-4-3-5-21-10-16/h3-10,13,17,26H,11-12H2,1-2H3. The fourth-order valence-electron chi connectivity index (χ4n) is 3.18. The maximum Gasteiger partial charge on any atom is 0.141 e. The molecule has 1 unspecified atom stereocenters. The molecule has 0 aliphatic carbocycles. The minimum absolute atomic E-state index is 0.453. The fraction of sp³-hybridized carbons (Fsp3) is 0.250. The molecular formula is C20H21N5O. The van der Waals surface area contributed by atoms with Crippen LogP contribution < -0.4 is 0 Å². The molecule has 0 radical (unpaired) electrons. The number of hydrogen-bond acceptors (Lipinski definition) is 4. The quantitative estimate of drug-likeness (QED) is 0.603. The fourth-order valence-corrected chi connectivity index (χ4v) is 3.18. The van der Waals surface area contributed by atoms with Crippen molar-refractivity contribution in [1.82, 2.24) is 24.1 Å². The average Bonchev–Trinajstić information content (AvgIpc) is 3.24. The summed E-state index contributed by atoms with van der Waals surface area (Å²) >= 11 is 0. The molecule has 0 bridgehead atoms. The molecule has 1 N–H and O–H groups in total. The average molecular weight is 347 g/mol. The number of fused-ring (bicyclic) bond motifs is 1. The minimum atomic E-state index is -0.557. The van der Waals surface area contributed by atoms with Crippen molar-refractivity contribution in [2.45, 2.75) is 33.0 Å². The molecule has 0 saturated carbocycles. The molecule has 0 amide bonds. The van der Waals surface area contributed by atoms with Gasteiger partial charge in [0.2, 0.25) is 0 Å². The number of pyridine rings is 1. The first-order valence-corrected chi connectivity index (χ1v) is 8.63. The summed E-state index contributed by atoms with van der Waals surface area (Å²) in [6.07, 6.45) is 8.37. The lowest BCUT2D eigenvalue weighted by molar-refractivity contribution is 0.136. The van der Waals surface area contributed by atoms with Crippen molar-refractivity contribution in [3.05, 3.63) is 66.5 Å². The second-order valence-corrected chi connectivity index (χ2v) is 6.62. The number of imidazole rings is 2. The summed E-state index contributed by atoms with van der Waals surface area (Å²) in [5, 5.41) is 10.6. The van der Waals surface area contributed by atoms with E-state index in [-0.39, 0.29) is 0 Å². The van der Waals surface area contributed by atoms with Crippen LogP contribution in [0.5, 0.6) is 0 Å². The van der Waals surface area contributed by atoms with Crippen molar-refractivity contribution in [1.29, 1.82) is 0 Å². The van der Waals surface area contributed by atoms with Gasteiger partial charge in [-0.3, -0.25) is 4.98 Å². The van der Waals surface area contributed by atoms with Crippen molar-refractivity contribution in [2.75, 3.05) is 0 Å². The van der Waals surface area contributed by atoms with Crippen molar-refractivity contribution in [3.63, 3.8) is 0 Å². The van der Waals surface area contributed by atoms with Gasteiger partial charge in [-0.25, -0.2) is 9.97 Å². The molecule has 0 aliphatic heterocycles. The normalized spacial score (nSPS) is 12.6. The summed E-state index contributed by atoms with van der Waals surface area (Å²) in [5.74, 6) is 0.805.